The summed E-state index contributed by atoms with van der Waals surface area (Å²) < 4.78 is 10.1. The van der Waals surface area contributed by atoms with Gasteiger partial charge >= 0.3 is 6.10 Å². The molecule has 7 nitrogen and oxygen atoms in total. The molecule has 0 aromatic heterocycles. The highest BCUT2D eigenvalue weighted by Crippen LogP contribution is 2.21. The number of nitrogens with zero attached hydrogens (tertiary/aromatic N) is 1. The van der Waals surface area contributed by atoms with Crippen LogP contribution in [-0.2, 0) is 24.0 Å². The number of piperidine rings is 1. The maximum absolute atomic E-state index is 11.5. The lowest BCUT2D eigenvalue weighted by Gasteiger charge is -2.39. The number of rotatable bonds is 6. The summed E-state index contributed by atoms with van der Waals surface area (Å²) in [5, 5.41) is 10.1. The maximum Gasteiger partial charge on any atom is 0.378 e. The Labute approximate surface area is 100 Å². The second-order valence-corrected chi connectivity index (χ2v) is 3.62. The highest BCUT2D eigenvalue weighted by Gasteiger charge is 2.43. The molecule has 0 spiro atoms. The van der Waals surface area contributed by atoms with Gasteiger partial charge in [0.2, 0.25) is 0 Å². The van der Waals surface area contributed by atoms with Crippen LogP contribution in [0.2, 0.25) is 0 Å². The number of aliphatic hydroxyl groups is 1. The third-order valence-corrected chi connectivity index (χ3v) is 2.58. The molecule has 0 saturated carbocycles. The lowest BCUT2D eigenvalue weighted by molar-refractivity contribution is -0.536. The number of ketones is 1. The van der Waals surface area contributed by atoms with Crippen LogP contribution in [0.1, 0.15) is 13.3 Å². The molecule has 1 aliphatic heterocycles. The molecule has 0 aliphatic carbocycles. The minimum atomic E-state index is -1.99. The molecule has 1 aliphatic rings. The largest absolute Gasteiger partial charge is 0.378 e. The van der Waals surface area contributed by atoms with Crippen molar-refractivity contribution < 1.29 is 29.1 Å². The zero-order valence-corrected chi connectivity index (χ0v) is 10.3. The van der Waals surface area contributed by atoms with Crippen molar-refractivity contribution in [2.75, 3.05) is 33.9 Å². The van der Waals surface area contributed by atoms with Gasteiger partial charge in [0.1, 0.15) is 6.10 Å². The first kappa shape index (κ1) is 14.5. The first-order valence-electron chi connectivity index (χ1n) is 5.46. The number of carbonyl (C=O) groups excluding carboxylic acids is 1. The predicted octanol–water partition coefficient (Wildman–Crippen LogP) is -0.506. The van der Waals surface area contributed by atoms with Gasteiger partial charge in [-0.3, -0.25) is 4.79 Å². The van der Waals surface area contributed by atoms with Crippen LogP contribution in [0, 0.1) is 0 Å². The summed E-state index contributed by atoms with van der Waals surface area (Å²) in [6.07, 6.45) is -2.31. The van der Waals surface area contributed by atoms with Crippen molar-refractivity contribution in [2.45, 2.75) is 25.5 Å². The third-order valence-electron chi connectivity index (χ3n) is 2.58. The minimum Gasteiger partial charge on any atom is -0.372 e. The third kappa shape index (κ3) is 3.44. The van der Waals surface area contributed by atoms with Crippen molar-refractivity contribution in [2.24, 2.45) is 0 Å². The summed E-state index contributed by atoms with van der Waals surface area (Å²) in [6.45, 7) is 2.46. The molecule has 17 heavy (non-hydrogen) atoms. The zero-order valence-electron chi connectivity index (χ0n) is 10.3. The Morgan fingerprint density at radius 3 is 2.76 bits per heavy atom. The second-order valence-electron chi connectivity index (χ2n) is 3.62. The van der Waals surface area contributed by atoms with Gasteiger partial charge in [0.25, 0.3) is 0 Å². The van der Waals surface area contributed by atoms with E-state index in [0.29, 0.717) is 6.54 Å². The van der Waals surface area contributed by atoms with Crippen LogP contribution in [0.25, 0.3) is 0 Å². The van der Waals surface area contributed by atoms with E-state index in [0.717, 1.165) is 0 Å². The summed E-state index contributed by atoms with van der Waals surface area (Å²) in [4.78, 5) is 22.1. The van der Waals surface area contributed by atoms with Gasteiger partial charge < -0.3 is 14.6 Å². The highest BCUT2D eigenvalue weighted by molar-refractivity contribution is 5.84. The maximum atomic E-state index is 11.5. The van der Waals surface area contributed by atoms with Crippen molar-refractivity contribution in [1.29, 1.82) is 0 Å². The molecule has 0 amide bonds. The zero-order chi connectivity index (χ0) is 12.9. The quantitative estimate of drug-likeness (QED) is 0.386. The molecule has 1 N–H and O–H groups in total. The Morgan fingerprint density at radius 2 is 2.24 bits per heavy atom. The summed E-state index contributed by atoms with van der Waals surface area (Å²) in [5.74, 6) is 0.0000142. The van der Waals surface area contributed by atoms with Gasteiger partial charge in [-0.2, -0.15) is 4.89 Å². The molecule has 100 valence electrons. The Kier molecular flexibility index (Phi) is 5.44. The lowest BCUT2D eigenvalue weighted by atomic mass is 10.1. The van der Waals surface area contributed by atoms with E-state index in [9.17, 15) is 9.90 Å². The van der Waals surface area contributed by atoms with E-state index >= 15 is 0 Å². The van der Waals surface area contributed by atoms with Crippen LogP contribution in [-0.4, -0.2) is 61.9 Å². The van der Waals surface area contributed by atoms with Gasteiger partial charge in [0.15, 0.2) is 5.78 Å². The van der Waals surface area contributed by atoms with E-state index in [1.807, 2.05) is 0 Å². The van der Waals surface area contributed by atoms with Gasteiger partial charge in [-0.05, 0) is 6.92 Å². The standard InChI is InChI=1S/C10H19NO6/c1-4-16-10(13,17-15-3)11-6-5-8(12)9(7-11)14-2/h9,13H,4-7H2,1-3H3. The van der Waals surface area contributed by atoms with E-state index in [4.69, 9.17) is 14.4 Å². The fourth-order valence-corrected chi connectivity index (χ4v) is 1.73. The Morgan fingerprint density at radius 1 is 1.53 bits per heavy atom. The molecule has 1 heterocycles. The van der Waals surface area contributed by atoms with Crippen molar-refractivity contribution in [3.8, 4) is 0 Å². The number of ether oxygens (including phenoxy) is 2. The van der Waals surface area contributed by atoms with Gasteiger partial charge in [-0.15, -0.1) is 0 Å². The fraction of sp³-hybridized carbons (Fsp3) is 0.900. The first-order chi connectivity index (χ1) is 8.07. The van der Waals surface area contributed by atoms with E-state index in [2.05, 4.69) is 4.89 Å². The Balaban J connectivity index is 2.71. The average molecular weight is 249 g/mol. The molecule has 1 rings (SSSR count). The Hall–Kier alpha value is -0.570. The molecule has 0 aromatic rings. The summed E-state index contributed by atoms with van der Waals surface area (Å²) in [6, 6.07) is 0. The molecule has 2 unspecified atom stereocenters. The molecule has 0 radical (unpaired) electrons. The molecule has 2 atom stereocenters. The number of likely N-dealkylation sites (tertiary alicyclic amines) is 1. The molecule has 0 aromatic carbocycles. The predicted molar refractivity (Wildman–Crippen MR) is 56.7 cm³/mol. The smallest absolute Gasteiger partial charge is 0.372 e. The van der Waals surface area contributed by atoms with Crippen LogP contribution in [0.3, 0.4) is 0 Å². The lowest BCUT2D eigenvalue weighted by Crippen LogP contribution is -2.59. The van der Waals surface area contributed by atoms with Gasteiger partial charge in [0.05, 0.1) is 13.7 Å². The number of Topliss-reactive ketones (excluding diaryl/α,β-unsaturated/α-hetero) is 1. The van der Waals surface area contributed by atoms with E-state index in [1.54, 1.807) is 6.92 Å². The SMILES string of the molecule is CCOC(O)(OOC)N1CCC(=O)C(OC)C1. The summed E-state index contributed by atoms with van der Waals surface area (Å²) >= 11 is 0. The summed E-state index contributed by atoms with van der Waals surface area (Å²) in [7, 11) is 2.72. The molecule has 7 heteroatoms. The minimum absolute atomic E-state index is 0.0000142. The monoisotopic (exact) mass is 249 g/mol. The van der Waals surface area contributed by atoms with E-state index < -0.39 is 12.2 Å². The molecule has 1 saturated heterocycles. The van der Waals surface area contributed by atoms with Gasteiger partial charge in [0, 0.05) is 26.6 Å². The summed E-state index contributed by atoms with van der Waals surface area (Å²) in [5.41, 5.74) is 0. The fourth-order valence-electron chi connectivity index (χ4n) is 1.73. The average Bonchev–Trinajstić information content (AvgIpc) is 2.30. The molecule has 1 fully saturated rings. The van der Waals surface area contributed by atoms with Crippen molar-refractivity contribution in [3.63, 3.8) is 0 Å². The van der Waals surface area contributed by atoms with Crippen LogP contribution >= 0.6 is 0 Å². The highest BCUT2D eigenvalue weighted by atomic mass is 17.3. The normalized spacial score (nSPS) is 25.9. The number of methoxy groups -OCH3 is 1. The van der Waals surface area contributed by atoms with Crippen molar-refractivity contribution in [3.05, 3.63) is 0 Å². The number of carbonyl (C=O) groups is 1. The van der Waals surface area contributed by atoms with Gasteiger partial charge in [-0.1, -0.05) is 0 Å². The van der Waals surface area contributed by atoms with Gasteiger partial charge in [-0.25, -0.2) is 9.79 Å². The molecule has 0 bridgehead atoms. The number of hydrogen-bond donors (Lipinski definition) is 1. The molecular weight excluding hydrogens is 230 g/mol. The van der Waals surface area contributed by atoms with Crippen LogP contribution in [0.5, 0.6) is 0 Å². The van der Waals surface area contributed by atoms with Crippen LogP contribution in [0.15, 0.2) is 0 Å². The van der Waals surface area contributed by atoms with Crippen LogP contribution in [0.4, 0.5) is 0 Å². The van der Waals surface area contributed by atoms with E-state index in [-0.39, 0.29) is 25.4 Å². The van der Waals surface area contributed by atoms with Crippen molar-refractivity contribution >= 4 is 5.78 Å². The molecular formula is C10H19NO6. The van der Waals surface area contributed by atoms with Crippen LogP contribution < -0.4 is 0 Å². The van der Waals surface area contributed by atoms with E-state index in [1.165, 1.54) is 19.1 Å². The number of hydrogen-bond acceptors (Lipinski definition) is 7. The topological polar surface area (TPSA) is 77.5 Å². The second kappa shape index (κ2) is 6.39. The first-order valence-corrected chi connectivity index (χ1v) is 5.46. The Bertz CT molecular complexity index is 253. The van der Waals surface area contributed by atoms with Crippen molar-refractivity contribution in [1.82, 2.24) is 4.90 Å².